The summed E-state index contributed by atoms with van der Waals surface area (Å²) in [5.41, 5.74) is 2.54. The Bertz CT molecular complexity index is 1160. The number of nitrogens with zero attached hydrogens (tertiary/aromatic N) is 2. The Morgan fingerprint density at radius 1 is 0.968 bits per heavy atom. The maximum absolute atomic E-state index is 12.8. The first-order valence-corrected chi connectivity index (χ1v) is 12.1. The number of ether oxygens (including phenoxy) is 2. The fourth-order valence-electron chi connectivity index (χ4n) is 3.61. The molecule has 0 saturated carbocycles. The summed E-state index contributed by atoms with van der Waals surface area (Å²) in [5.74, 6) is 1.45. The highest BCUT2D eigenvalue weighted by atomic mass is 79.9. The third kappa shape index (κ3) is 4.57. The van der Waals surface area contributed by atoms with Crippen molar-refractivity contribution >= 4 is 49.2 Å². The van der Waals surface area contributed by atoms with Crippen LogP contribution < -0.4 is 14.8 Å². The number of halogens is 1. The molecule has 0 atom stereocenters. The summed E-state index contributed by atoms with van der Waals surface area (Å²) >= 11 is 1.48. The number of anilines is 2. The highest BCUT2D eigenvalue weighted by molar-refractivity contribution is 8.93. The largest absolute Gasteiger partial charge is 0.454 e. The second-order valence-electron chi connectivity index (χ2n) is 7.22. The first-order chi connectivity index (χ1) is 14.6. The van der Waals surface area contributed by atoms with E-state index < -0.39 is 10.0 Å². The first-order valence-electron chi connectivity index (χ1n) is 9.82. The summed E-state index contributed by atoms with van der Waals surface area (Å²) in [6, 6.07) is 12.6. The molecule has 3 aromatic rings. The lowest BCUT2D eigenvalue weighted by Gasteiger charge is -2.25. The minimum absolute atomic E-state index is 0. The number of thiazole rings is 1. The van der Waals surface area contributed by atoms with Gasteiger partial charge in [-0.3, -0.25) is 0 Å². The van der Waals surface area contributed by atoms with E-state index in [9.17, 15) is 8.42 Å². The minimum atomic E-state index is -3.42. The van der Waals surface area contributed by atoms with E-state index in [0.717, 1.165) is 47.1 Å². The van der Waals surface area contributed by atoms with E-state index in [-0.39, 0.29) is 23.8 Å². The number of piperidine rings is 1. The standard InChI is InChI=1S/C21H21N3O4S2.BrH/c25-30(26,24-10-2-1-3-11-24)17-7-4-15(5-8-17)18-13-29-21(23-18)22-16-6-9-19-20(12-16)28-14-27-19;/h4-9,12-13H,1-3,10-11,14H2,(H,22,23);1H. The second kappa shape index (κ2) is 9.15. The number of benzene rings is 2. The van der Waals surface area contributed by atoms with Crippen molar-refractivity contribution < 1.29 is 17.9 Å². The molecule has 0 bridgehead atoms. The molecule has 1 N–H and O–H groups in total. The van der Waals surface area contributed by atoms with Crippen LogP contribution in [0.4, 0.5) is 10.8 Å². The van der Waals surface area contributed by atoms with E-state index in [1.807, 2.05) is 35.7 Å². The molecule has 0 spiro atoms. The maximum atomic E-state index is 12.8. The van der Waals surface area contributed by atoms with Crippen LogP contribution in [0.3, 0.4) is 0 Å². The van der Waals surface area contributed by atoms with Crippen molar-refractivity contribution in [1.82, 2.24) is 9.29 Å². The Hall–Kier alpha value is -2.14. The third-order valence-electron chi connectivity index (χ3n) is 5.23. The van der Waals surface area contributed by atoms with Crippen molar-refractivity contribution in [1.29, 1.82) is 0 Å². The van der Waals surface area contributed by atoms with Crippen LogP contribution in [0.2, 0.25) is 0 Å². The molecule has 5 rings (SSSR count). The van der Waals surface area contributed by atoms with E-state index in [4.69, 9.17) is 9.47 Å². The average Bonchev–Trinajstić information content (AvgIpc) is 3.44. The zero-order chi connectivity index (χ0) is 20.6. The van der Waals surface area contributed by atoms with E-state index >= 15 is 0 Å². The number of nitrogens with one attached hydrogen (secondary N) is 1. The minimum Gasteiger partial charge on any atom is -0.454 e. The highest BCUT2D eigenvalue weighted by Gasteiger charge is 2.25. The highest BCUT2D eigenvalue weighted by Crippen LogP contribution is 2.36. The number of aromatic nitrogens is 1. The molecule has 1 saturated heterocycles. The van der Waals surface area contributed by atoms with Gasteiger partial charge in [-0.25, -0.2) is 13.4 Å². The fourth-order valence-corrected chi connectivity index (χ4v) is 5.87. The first kappa shape index (κ1) is 22.1. The van der Waals surface area contributed by atoms with Gasteiger partial charge in [0.25, 0.3) is 0 Å². The van der Waals surface area contributed by atoms with Gasteiger partial charge in [0, 0.05) is 35.8 Å². The molecular formula is C21H22BrN3O4S2. The zero-order valence-corrected chi connectivity index (χ0v) is 20.0. The lowest BCUT2D eigenvalue weighted by Crippen LogP contribution is -2.35. The summed E-state index contributed by atoms with van der Waals surface area (Å²) < 4.78 is 37.9. The number of hydrogen-bond donors (Lipinski definition) is 1. The summed E-state index contributed by atoms with van der Waals surface area (Å²) in [5, 5.41) is 5.96. The van der Waals surface area contributed by atoms with Crippen LogP contribution in [0.5, 0.6) is 11.5 Å². The van der Waals surface area contributed by atoms with Gasteiger partial charge >= 0.3 is 0 Å². The Kier molecular flexibility index (Phi) is 6.52. The molecule has 0 aliphatic carbocycles. The molecule has 2 aromatic carbocycles. The van der Waals surface area contributed by atoms with Crippen LogP contribution in [0, 0.1) is 0 Å². The number of fused-ring (bicyclic) bond motifs is 1. The van der Waals surface area contributed by atoms with Crippen LogP contribution in [0.15, 0.2) is 52.7 Å². The Morgan fingerprint density at radius 2 is 1.71 bits per heavy atom. The molecular weight excluding hydrogens is 502 g/mol. The summed E-state index contributed by atoms with van der Waals surface area (Å²) in [4.78, 5) is 4.96. The van der Waals surface area contributed by atoms with Crippen molar-refractivity contribution in [2.24, 2.45) is 0 Å². The molecule has 2 aliphatic rings. The molecule has 0 unspecified atom stereocenters. The SMILES string of the molecule is Br.O=S(=O)(c1ccc(-c2csc(Nc3ccc4c(c3)OCO4)n2)cc1)N1CCCCC1. The van der Waals surface area contributed by atoms with Crippen LogP contribution in [-0.4, -0.2) is 37.6 Å². The zero-order valence-electron chi connectivity index (χ0n) is 16.6. The summed E-state index contributed by atoms with van der Waals surface area (Å²) in [7, 11) is -3.42. The van der Waals surface area contributed by atoms with Crippen LogP contribution in [0.1, 0.15) is 19.3 Å². The van der Waals surface area contributed by atoms with E-state index in [1.165, 1.54) is 11.3 Å². The van der Waals surface area contributed by atoms with Gasteiger partial charge in [-0.15, -0.1) is 28.3 Å². The van der Waals surface area contributed by atoms with Gasteiger partial charge in [0.05, 0.1) is 10.6 Å². The fraction of sp³-hybridized carbons (Fsp3) is 0.286. The van der Waals surface area contributed by atoms with Crippen LogP contribution in [-0.2, 0) is 10.0 Å². The predicted molar refractivity (Wildman–Crippen MR) is 126 cm³/mol. The Morgan fingerprint density at radius 3 is 2.48 bits per heavy atom. The van der Waals surface area contributed by atoms with Crippen molar-refractivity contribution in [3.8, 4) is 22.8 Å². The van der Waals surface area contributed by atoms with Gasteiger partial charge in [-0.2, -0.15) is 4.31 Å². The summed E-state index contributed by atoms with van der Waals surface area (Å²) in [6.07, 6.45) is 2.95. The molecule has 10 heteroatoms. The molecule has 2 aliphatic heterocycles. The topological polar surface area (TPSA) is 80.8 Å². The Labute approximate surface area is 195 Å². The smallest absolute Gasteiger partial charge is 0.243 e. The number of hydrogen-bond acceptors (Lipinski definition) is 7. The molecule has 3 heterocycles. The second-order valence-corrected chi connectivity index (χ2v) is 10.0. The molecule has 31 heavy (non-hydrogen) atoms. The van der Waals surface area contributed by atoms with Gasteiger partial charge in [-0.1, -0.05) is 18.6 Å². The molecule has 1 fully saturated rings. The van der Waals surface area contributed by atoms with Gasteiger partial charge in [0.15, 0.2) is 16.6 Å². The van der Waals surface area contributed by atoms with Crippen molar-refractivity contribution in [2.45, 2.75) is 24.2 Å². The molecule has 0 amide bonds. The van der Waals surface area contributed by atoms with Crippen LogP contribution in [0.25, 0.3) is 11.3 Å². The maximum Gasteiger partial charge on any atom is 0.243 e. The predicted octanol–water partition coefficient (Wildman–Crippen LogP) is 5.03. The normalized spacial score (nSPS) is 16.0. The lowest BCUT2D eigenvalue weighted by molar-refractivity contribution is 0.174. The molecule has 164 valence electrons. The number of sulfonamides is 1. The monoisotopic (exact) mass is 523 g/mol. The number of rotatable bonds is 5. The van der Waals surface area contributed by atoms with Crippen molar-refractivity contribution in [3.63, 3.8) is 0 Å². The lowest BCUT2D eigenvalue weighted by atomic mass is 10.2. The van der Waals surface area contributed by atoms with Crippen molar-refractivity contribution in [3.05, 3.63) is 47.8 Å². The van der Waals surface area contributed by atoms with E-state index in [0.29, 0.717) is 23.7 Å². The van der Waals surface area contributed by atoms with Gasteiger partial charge in [0.1, 0.15) is 0 Å². The third-order valence-corrected chi connectivity index (χ3v) is 7.90. The molecule has 1 aromatic heterocycles. The average molecular weight is 524 g/mol. The summed E-state index contributed by atoms with van der Waals surface area (Å²) in [6.45, 7) is 1.44. The van der Waals surface area contributed by atoms with Crippen molar-refractivity contribution in [2.75, 3.05) is 25.2 Å². The Balaban J connectivity index is 0.00000231. The van der Waals surface area contributed by atoms with E-state index in [1.54, 1.807) is 16.4 Å². The van der Waals surface area contributed by atoms with Gasteiger partial charge in [0.2, 0.25) is 16.8 Å². The van der Waals surface area contributed by atoms with E-state index in [2.05, 4.69) is 10.3 Å². The quantitative estimate of drug-likeness (QED) is 0.504. The van der Waals surface area contributed by atoms with Crippen LogP contribution >= 0.6 is 28.3 Å². The molecule has 0 radical (unpaired) electrons. The van der Waals surface area contributed by atoms with Gasteiger partial charge < -0.3 is 14.8 Å². The molecule has 7 nitrogen and oxygen atoms in total. The van der Waals surface area contributed by atoms with Gasteiger partial charge in [-0.05, 0) is 37.1 Å².